The van der Waals surface area contributed by atoms with Gasteiger partial charge in [0.05, 0.1) is 5.69 Å². The van der Waals surface area contributed by atoms with Crippen molar-refractivity contribution in [2.75, 3.05) is 11.4 Å². The molecule has 2 heterocycles. The van der Waals surface area contributed by atoms with Crippen molar-refractivity contribution in [2.45, 2.75) is 45.6 Å². The van der Waals surface area contributed by atoms with Gasteiger partial charge in [-0.25, -0.2) is 0 Å². The van der Waals surface area contributed by atoms with Crippen LogP contribution in [0.5, 0.6) is 0 Å². The van der Waals surface area contributed by atoms with Crippen molar-refractivity contribution >= 4 is 23.4 Å². The second-order valence-corrected chi connectivity index (χ2v) is 6.62. The Kier molecular flexibility index (Phi) is 4.20. The first-order valence-electron chi connectivity index (χ1n) is 8.26. The van der Waals surface area contributed by atoms with Crippen LogP contribution in [0.4, 0.5) is 5.69 Å². The second-order valence-electron chi connectivity index (χ2n) is 6.62. The van der Waals surface area contributed by atoms with E-state index in [0.29, 0.717) is 23.2 Å². The Hall–Kier alpha value is -2.17. The number of imide groups is 1. The Balaban J connectivity index is 1.78. The summed E-state index contributed by atoms with van der Waals surface area (Å²) in [7, 11) is 0. The van der Waals surface area contributed by atoms with Gasteiger partial charge in [0.1, 0.15) is 0 Å². The Morgan fingerprint density at radius 1 is 1.09 bits per heavy atom. The summed E-state index contributed by atoms with van der Waals surface area (Å²) in [6, 6.07) is 7.10. The third-order valence-corrected chi connectivity index (χ3v) is 4.75. The third-order valence-electron chi connectivity index (χ3n) is 4.75. The first-order valence-corrected chi connectivity index (χ1v) is 8.26. The van der Waals surface area contributed by atoms with Crippen LogP contribution in [0.2, 0.25) is 0 Å². The zero-order chi connectivity index (χ0) is 16.6. The van der Waals surface area contributed by atoms with Crippen molar-refractivity contribution < 1.29 is 14.4 Å². The number of hydrogen-bond donors (Lipinski definition) is 0. The molecule has 0 bridgehead atoms. The summed E-state index contributed by atoms with van der Waals surface area (Å²) in [6.45, 7) is 5.08. The summed E-state index contributed by atoms with van der Waals surface area (Å²) < 4.78 is 0. The van der Waals surface area contributed by atoms with Crippen LogP contribution in [0.1, 0.15) is 49.9 Å². The molecule has 5 nitrogen and oxygen atoms in total. The lowest BCUT2D eigenvalue weighted by Gasteiger charge is -2.28. The summed E-state index contributed by atoms with van der Waals surface area (Å²) in [5.74, 6) is 0.134. The first kappa shape index (κ1) is 15.7. The monoisotopic (exact) mass is 314 g/mol. The minimum Gasteiger partial charge on any atom is -0.335 e. The van der Waals surface area contributed by atoms with Crippen molar-refractivity contribution in [2.24, 2.45) is 5.92 Å². The maximum atomic E-state index is 12.7. The predicted octanol–water partition coefficient (Wildman–Crippen LogP) is 2.60. The molecule has 1 atom stereocenters. The van der Waals surface area contributed by atoms with Gasteiger partial charge in [-0.05, 0) is 43.0 Å². The highest BCUT2D eigenvalue weighted by Crippen LogP contribution is 2.27. The quantitative estimate of drug-likeness (QED) is 0.806. The molecule has 0 N–H and O–H groups in total. The van der Waals surface area contributed by atoms with Gasteiger partial charge in [-0.3, -0.25) is 19.3 Å². The van der Waals surface area contributed by atoms with E-state index in [9.17, 15) is 14.4 Å². The molecule has 3 rings (SSSR count). The van der Waals surface area contributed by atoms with Crippen molar-refractivity contribution in [1.29, 1.82) is 0 Å². The normalized spacial score (nSPS) is 21.6. The van der Waals surface area contributed by atoms with Gasteiger partial charge in [-0.2, -0.15) is 0 Å². The van der Waals surface area contributed by atoms with E-state index in [1.807, 2.05) is 4.90 Å². The van der Waals surface area contributed by atoms with Crippen LogP contribution in [-0.2, 0) is 9.59 Å². The molecule has 0 aliphatic carbocycles. The van der Waals surface area contributed by atoms with Crippen molar-refractivity contribution in [3.05, 3.63) is 29.8 Å². The van der Waals surface area contributed by atoms with Crippen LogP contribution in [0, 0.1) is 5.92 Å². The van der Waals surface area contributed by atoms with E-state index >= 15 is 0 Å². The summed E-state index contributed by atoms with van der Waals surface area (Å²) in [4.78, 5) is 39.4. The predicted molar refractivity (Wildman–Crippen MR) is 87.1 cm³/mol. The smallest absolute Gasteiger partial charge is 0.254 e. The lowest BCUT2D eigenvalue weighted by atomic mass is 10.0. The standard InChI is InChI=1S/C18H22N2O3/c1-12(2)15-4-3-11-19(15)18(23)13-5-7-14(8-6-13)20-16(21)9-10-17(20)22/h5-8,12,15H,3-4,9-11H2,1-2H3/t15-/m1/s1. The number of likely N-dealkylation sites (tertiary alicyclic amines) is 1. The molecule has 2 aliphatic rings. The molecule has 3 amide bonds. The Labute approximate surface area is 136 Å². The van der Waals surface area contributed by atoms with E-state index in [-0.39, 0.29) is 30.6 Å². The zero-order valence-electron chi connectivity index (χ0n) is 13.6. The SMILES string of the molecule is CC(C)[C@H]1CCCN1C(=O)c1ccc(N2C(=O)CCC2=O)cc1. The summed E-state index contributed by atoms with van der Waals surface area (Å²) in [5.41, 5.74) is 1.16. The fourth-order valence-electron chi connectivity index (χ4n) is 3.52. The number of carbonyl (C=O) groups excluding carboxylic acids is 3. The zero-order valence-corrected chi connectivity index (χ0v) is 13.6. The topological polar surface area (TPSA) is 57.7 Å². The lowest BCUT2D eigenvalue weighted by molar-refractivity contribution is -0.121. The number of hydrogen-bond acceptors (Lipinski definition) is 3. The Bertz CT molecular complexity index is 620. The Morgan fingerprint density at radius 3 is 2.26 bits per heavy atom. The number of amides is 3. The van der Waals surface area contributed by atoms with E-state index in [1.54, 1.807) is 24.3 Å². The van der Waals surface area contributed by atoms with E-state index in [4.69, 9.17) is 0 Å². The fourth-order valence-corrected chi connectivity index (χ4v) is 3.52. The number of carbonyl (C=O) groups is 3. The molecule has 0 saturated carbocycles. The summed E-state index contributed by atoms with van der Waals surface area (Å²) in [5, 5.41) is 0. The molecule has 0 aromatic heterocycles. The molecule has 2 aliphatic heterocycles. The highest BCUT2D eigenvalue weighted by atomic mass is 16.2. The number of nitrogens with zero attached hydrogens (tertiary/aromatic N) is 2. The molecule has 23 heavy (non-hydrogen) atoms. The largest absolute Gasteiger partial charge is 0.335 e. The van der Waals surface area contributed by atoms with E-state index in [2.05, 4.69) is 13.8 Å². The fraction of sp³-hybridized carbons (Fsp3) is 0.500. The molecule has 0 unspecified atom stereocenters. The number of anilines is 1. The maximum Gasteiger partial charge on any atom is 0.254 e. The van der Waals surface area contributed by atoms with Gasteiger partial charge in [0.15, 0.2) is 0 Å². The van der Waals surface area contributed by atoms with Gasteiger partial charge in [0, 0.05) is 31.0 Å². The number of benzene rings is 1. The molecule has 122 valence electrons. The van der Waals surface area contributed by atoms with Gasteiger partial charge in [-0.15, -0.1) is 0 Å². The molecule has 1 aromatic carbocycles. The van der Waals surface area contributed by atoms with Crippen LogP contribution in [0.15, 0.2) is 24.3 Å². The van der Waals surface area contributed by atoms with Gasteiger partial charge < -0.3 is 4.90 Å². The summed E-state index contributed by atoms with van der Waals surface area (Å²) >= 11 is 0. The summed E-state index contributed by atoms with van der Waals surface area (Å²) in [6.07, 6.45) is 2.63. The first-order chi connectivity index (χ1) is 11.0. The number of rotatable bonds is 3. The molecule has 2 saturated heterocycles. The highest BCUT2D eigenvalue weighted by molar-refractivity contribution is 6.19. The van der Waals surface area contributed by atoms with Gasteiger partial charge in [-0.1, -0.05) is 13.8 Å². The van der Waals surface area contributed by atoms with E-state index in [1.165, 1.54) is 4.90 Å². The van der Waals surface area contributed by atoms with E-state index < -0.39 is 0 Å². The van der Waals surface area contributed by atoms with Gasteiger partial charge in [0.25, 0.3) is 5.91 Å². The Morgan fingerprint density at radius 2 is 1.70 bits per heavy atom. The highest BCUT2D eigenvalue weighted by Gasteiger charge is 2.32. The van der Waals surface area contributed by atoms with Gasteiger partial charge in [0.2, 0.25) is 11.8 Å². The molecular weight excluding hydrogens is 292 g/mol. The molecular formula is C18H22N2O3. The second kappa shape index (κ2) is 6.14. The average molecular weight is 314 g/mol. The molecule has 5 heteroatoms. The van der Waals surface area contributed by atoms with Crippen LogP contribution in [-0.4, -0.2) is 35.2 Å². The molecule has 2 fully saturated rings. The van der Waals surface area contributed by atoms with E-state index in [0.717, 1.165) is 19.4 Å². The van der Waals surface area contributed by atoms with Crippen LogP contribution in [0.25, 0.3) is 0 Å². The van der Waals surface area contributed by atoms with Crippen molar-refractivity contribution in [1.82, 2.24) is 4.90 Å². The molecule has 0 spiro atoms. The minimum atomic E-state index is -0.173. The van der Waals surface area contributed by atoms with Gasteiger partial charge >= 0.3 is 0 Å². The molecule has 0 radical (unpaired) electrons. The van der Waals surface area contributed by atoms with Crippen LogP contribution >= 0.6 is 0 Å². The van der Waals surface area contributed by atoms with Crippen molar-refractivity contribution in [3.63, 3.8) is 0 Å². The van der Waals surface area contributed by atoms with Crippen LogP contribution in [0.3, 0.4) is 0 Å². The lowest BCUT2D eigenvalue weighted by Crippen LogP contribution is -2.38. The molecule has 1 aromatic rings. The maximum absolute atomic E-state index is 12.7. The average Bonchev–Trinajstić information content (AvgIpc) is 3.14. The van der Waals surface area contributed by atoms with Crippen LogP contribution < -0.4 is 4.90 Å². The third kappa shape index (κ3) is 2.87. The van der Waals surface area contributed by atoms with Crippen molar-refractivity contribution in [3.8, 4) is 0 Å². The minimum absolute atomic E-state index is 0.0341.